The SMILES string of the molecule is C[C@@H](c1ccc(F)cc1)N1CC[C@@H](N2CC[C@@H](c3ccc(O)cc3)C(F)(F)C2)C1=O.C[C@@H](c1ccc(F)cc1)N1CC[C@@H](N2CC[C@H](c3ccc(O)cc3)C(F)(F)C2)C1=O.C[C@@H](c1ccc(F)cc1)N1CC[C@H](N2CC[C@@H](c3ccc(O)cc3)C(F)(F)C2)C1=O.C[C@@H](c1ccc(F)cc1)N1CC[C@H](N2CC[C@H](c3ccc(O)cc3)C(F)(F)C2)C1=O. The number of phenolic OH excluding ortho intramolecular Hbond substituents is 4. The molecule has 0 radical (unpaired) electrons. The number of amides is 4. The average Bonchev–Trinajstić information content (AvgIpc) is 1.46. The highest BCUT2D eigenvalue weighted by atomic mass is 19.3. The normalized spacial score (nSPS) is 25.5. The van der Waals surface area contributed by atoms with Crippen LogP contribution in [-0.4, -0.2) is 210 Å². The van der Waals surface area contributed by atoms with Gasteiger partial charge in [-0.2, -0.15) is 0 Å². The fraction of sp³-hybridized carbons (Fsp3) is 0.435. The molecule has 8 aliphatic rings. The third-order valence-corrected chi connectivity index (χ3v) is 25.6. The summed E-state index contributed by atoms with van der Waals surface area (Å²) in [5, 5.41) is 37.6. The lowest BCUT2D eigenvalue weighted by Gasteiger charge is -2.40. The summed E-state index contributed by atoms with van der Waals surface area (Å²) >= 11 is 0. The van der Waals surface area contributed by atoms with Gasteiger partial charge in [0.25, 0.3) is 23.7 Å². The van der Waals surface area contributed by atoms with Crippen LogP contribution >= 0.6 is 0 Å². The van der Waals surface area contributed by atoms with Gasteiger partial charge in [0.05, 0.1) is 98.2 Å². The number of rotatable bonds is 16. The number of hydrogen-bond donors (Lipinski definition) is 4. The van der Waals surface area contributed by atoms with Crippen molar-refractivity contribution in [1.29, 1.82) is 0 Å². The Morgan fingerprint density at radius 2 is 0.425 bits per heavy atom. The summed E-state index contributed by atoms with van der Waals surface area (Å²) in [4.78, 5) is 65.3. The summed E-state index contributed by atoms with van der Waals surface area (Å²) in [5.41, 5.74) is 5.29. The summed E-state index contributed by atoms with van der Waals surface area (Å²) in [5.74, 6) is -17.3. The van der Waals surface area contributed by atoms with E-state index in [0.29, 0.717) is 100 Å². The first kappa shape index (κ1) is 87.7. The van der Waals surface area contributed by atoms with Crippen LogP contribution in [0.15, 0.2) is 194 Å². The largest absolute Gasteiger partial charge is 0.508 e. The van der Waals surface area contributed by atoms with E-state index in [-0.39, 0.29) is 120 Å². The standard InChI is InChI=1S/4C23H25F3N2O2/c4*1-15(16-2-6-18(24)7-3-16)28-13-11-21(22(28)30)27-12-10-20(23(25,26)14-27)17-4-8-19(29)9-5-17/h4*2-9,15,20-21,29H,10-14H2,1H3/t15-,20+,21+;15-,20+,21-;15-,20-,21+;15-,20-,21-/m0000/s1. The predicted octanol–water partition coefficient (Wildman–Crippen LogP) is 17.3. The summed E-state index contributed by atoms with van der Waals surface area (Å²) in [6.07, 6.45) is 3.00. The second-order valence-corrected chi connectivity index (χ2v) is 32.9. The monoisotopic (exact) mass is 1670 g/mol. The zero-order valence-corrected chi connectivity index (χ0v) is 67.1. The van der Waals surface area contributed by atoms with E-state index in [1.807, 2.05) is 27.7 Å². The van der Waals surface area contributed by atoms with E-state index in [2.05, 4.69) is 0 Å². The van der Waals surface area contributed by atoms with Crippen molar-refractivity contribution in [1.82, 2.24) is 39.2 Å². The Hall–Kier alpha value is -10.2. The molecule has 0 unspecified atom stereocenters. The van der Waals surface area contributed by atoms with E-state index in [1.54, 1.807) is 87.7 Å². The van der Waals surface area contributed by atoms with Crippen molar-refractivity contribution in [2.45, 2.75) is 175 Å². The fourth-order valence-electron chi connectivity index (χ4n) is 18.7. The topological polar surface area (TPSA) is 175 Å². The van der Waals surface area contributed by atoms with Crippen LogP contribution in [0.1, 0.15) is 171 Å². The van der Waals surface area contributed by atoms with E-state index in [9.17, 15) is 92.3 Å². The van der Waals surface area contributed by atoms with Crippen LogP contribution in [0.5, 0.6) is 23.0 Å². The van der Waals surface area contributed by atoms with Crippen molar-refractivity contribution in [3.63, 3.8) is 0 Å². The van der Waals surface area contributed by atoms with E-state index >= 15 is 0 Å². The van der Waals surface area contributed by atoms with Crippen LogP contribution in [0.3, 0.4) is 0 Å². The number of carbonyl (C=O) groups is 4. The number of aromatic hydroxyl groups is 4. The molecule has 8 aromatic rings. The molecule has 8 fully saturated rings. The molecule has 8 heterocycles. The number of carbonyl (C=O) groups excluding carboxylic acids is 4. The van der Waals surface area contributed by atoms with Gasteiger partial charge in [-0.15, -0.1) is 0 Å². The van der Waals surface area contributed by atoms with Gasteiger partial charge in [0, 0.05) is 26.2 Å². The molecule has 8 aliphatic heterocycles. The Labute approximate surface area is 690 Å². The zero-order valence-electron chi connectivity index (χ0n) is 67.1. The molecular weight excluding hydrogens is 1570 g/mol. The minimum absolute atomic E-state index is 0.0476. The van der Waals surface area contributed by atoms with Crippen molar-refractivity contribution in [2.75, 3.05) is 78.5 Å². The number of phenols is 4. The highest BCUT2D eigenvalue weighted by Gasteiger charge is 2.55. The van der Waals surface area contributed by atoms with Crippen LogP contribution in [0, 0.1) is 23.3 Å². The zero-order chi connectivity index (χ0) is 85.9. The van der Waals surface area contributed by atoms with Crippen molar-refractivity contribution in [3.05, 3.63) is 262 Å². The van der Waals surface area contributed by atoms with Gasteiger partial charge in [-0.1, -0.05) is 97.1 Å². The van der Waals surface area contributed by atoms with Gasteiger partial charge in [-0.3, -0.25) is 38.8 Å². The molecule has 0 aromatic heterocycles. The smallest absolute Gasteiger partial charge is 0.267 e. The van der Waals surface area contributed by atoms with E-state index in [4.69, 9.17) is 0 Å². The number of likely N-dealkylation sites (tertiary alicyclic amines) is 8. The number of halogens is 12. The lowest BCUT2D eigenvalue weighted by atomic mass is 9.85. The molecule has 0 aliphatic carbocycles. The first-order valence-electron chi connectivity index (χ1n) is 40.9. The lowest BCUT2D eigenvalue weighted by Crippen LogP contribution is -2.53. The summed E-state index contributed by atoms with van der Waals surface area (Å²) in [6.45, 7) is 9.26. The van der Waals surface area contributed by atoms with Crippen molar-refractivity contribution in [3.8, 4) is 23.0 Å². The third-order valence-electron chi connectivity index (χ3n) is 25.6. The van der Waals surface area contributed by atoms with Crippen LogP contribution in [0.25, 0.3) is 0 Å². The van der Waals surface area contributed by atoms with Gasteiger partial charge in [0.2, 0.25) is 23.6 Å². The average molecular weight is 1670 g/mol. The molecule has 12 atom stereocenters. The second kappa shape index (κ2) is 36.6. The highest BCUT2D eigenvalue weighted by Crippen LogP contribution is 2.48. The summed E-state index contributed by atoms with van der Waals surface area (Å²) in [6, 6.07) is 44.6. The van der Waals surface area contributed by atoms with E-state index in [0.717, 1.165) is 22.3 Å². The second-order valence-electron chi connectivity index (χ2n) is 32.9. The number of nitrogens with zero attached hydrogens (tertiary/aromatic N) is 8. The van der Waals surface area contributed by atoms with Gasteiger partial charge in [0.15, 0.2) is 0 Å². The molecular formula is C92H100F12N8O8. The van der Waals surface area contributed by atoms with Crippen LogP contribution < -0.4 is 0 Å². The molecule has 0 spiro atoms. The molecule has 8 aromatic carbocycles. The molecule has 4 N–H and O–H groups in total. The summed E-state index contributed by atoms with van der Waals surface area (Å²) < 4.78 is 173. The minimum Gasteiger partial charge on any atom is -0.508 e. The Morgan fingerprint density at radius 3 is 0.583 bits per heavy atom. The Bertz CT molecular complexity index is 4210. The number of alkyl halides is 8. The molecule has 16 rings (SSSR count). The van der Waals surface area contributed by atoms with Gasteiger partial charge < -0.3 is 40.0 Å². The number of benzene rings is 8. The van der Waals surface area contributed by atoms with Gasteiger partial charge in [-0.05, 0) is 247 Å². The molecule has 120 heavy (non-hydrogen) atoms. The van der Waals surface area contributed by atoms with Gasteiger partial charge in [0.1, 0.15) is 46.3 Å². The Morgan fingerprint density at radius 1 is 0.258 bits per heavy atom. The Balaban J connectivity index is 0.000000138. The van der Waals surface area contributed by atoms with Crippen LogP contribution in [0.2, 0.25) is 0 Å². The maximum absolute atomic E-state index is 15.0. The molecule has 640 valence electrons. The highest BCUT2D eigenvalue weighted by molar-refractivity contribution is 5.86. The first-order valence-corrected chi connectivity index (χ1v) is 40.9. The molecule has 0 bridgehead atoms. The maximum atomic E-state index is 15.0. The molecule has 28 heteroatoms. The van der Waals surface area contributed by atoms with E-state index < -0.39 is 97.7 Å². The van der Waals surface area contributed by atoms with Gasteiger partial charge >= 0.3 is 0 Å². The molecule has 0 saturated carbocycles. The number of hydrogen-bond acceptors (Lipinski definition) is 12. The molecule has 4 amide bonds. The molecule has 16 nitrogen and oxygen atoms in total. The first-order chi connectivity index (χ1) is 57.0. The van der Waals surface area contributed by atoms with Crippen LogP contribution in [0.4, 0.5) is 52.7 Å². The fourth-order valence-corrected chi connectivity index (χ4v) is 18.7. The van der Waals surface area contributed by atoms with Crippen molar-refractivity contribution < 1.29 is 92.3 Å². The van der Waals surface area contributed by atoms with Crippen LogP contribution in [-0.2, 0) is 19.2 Å². The van der Waals surface area contributed by atoms with Crippen molar-refractivity contribution >= 4 is 23.6 Å². The predicted molar refractivity (Wildman–Crippen MR) is 428 cm³/mol. The molecule has 8 saturated heterocycles. The lowest BCUT2D eigenvalue weighted by molar-refractivity contribution is -0.140. The summed E-state index contributed by atoms with van der Waals surface area (Å²) in [7, 11) is 0. The Kier molecular flexibility index (Phi) is 26.8. The number of piperidine rings is 4. The quantitative estimate of drug-likeness (QED) is 0.0675. The third kappa shape index (κ3) is 19.7. The minimum atomic E-state index is -2.97. The van der Waals surface area contributed by atoms with Crippen molar-refractivity contribution in [2.24, 2.45) is 0 Å². The van der Waals surface area contributed by atoms with Gasteiger partial charge in [-0.25, -0.2) is 52.7 Å². The maximum Gasteiger partial charge on any atom is 0.267 e. The van der Waals surface area contributed by atoms with E-state index in [1.165, 1.54) is 146 Å².